The molecule has 0 amide bonds. The van der Waals surface area contributed by atoms with Crippen molar-refractivity contribution in [1.29, 1.82) is 0 Å². The SMILES string of the molecule is C[C@]12CC[C@@H]3[C@H](CC[C@]4(C)[C@@H](O)CC[C@@H]34)[C@H]1C=CC(=O)C2. The lowest BCUT2D eigenvalue weighted by molar-refractivity contribution is -0.123. The van der Waals surface area contributed by atoms with Gasteiger partial charge in [0.1, 0.15) is 0 Å². The Kier molecular flexibility index (Phi) is 2.96. The molecule has 3 saturated carbocycles. The molecule has 0 saturated heterocycles. The summed E-state index contributed by atoms with van der Waals surface area (Å²) in [5, 5.41) is 10.4. The van der Waals surface area contributed by atoms with Gasteiger partial charge in [0.05, 0.1) is 6.10 Å². The van der Waals surface area contributed by atoms with Crippen LogP contribution in [0.2, 0.25) is 0 Å². The average molecular weight is 288 g/mol. The minimum absolute atomic E-state index is 0.0831. The maximum atomic E-state index is 11.8. The van der Waals surface area contributed by atoms with Gasteiger partial charge in [-0.15, -0.1) is 0 Å². The lowest BCUT2D eigenvalue weighted by Gasteiger charge is -2.57. The fraction of sp³-hybridized carbons (Fsp3) is 0.842. The fourth-order valence-corrected chi connectivity index (χ4v) is 6.58. The van der Waals surface area contributed by atoms with E-state index in [0.29, 0.717) is 17.6 Å². The van der Waals surface area contributed by atoms with Crippen molar-refractivity contribution in [2.75, 3.05) is 0 Å². The molecule has 0 aliphatic heterocycles. The molecule has 2 heteroatoms. The molecule has 0 aromatic carbocycles. The first kappa shape index (κ1) is 14.0. The molecule has 7 atom stereocenters. The van der Waals surface area contributed by atoms with Gasteiger partial charge in [0.2, 0.25) is 0 Å². The molecule has 1 N–H and O–H groups in total. The molecular weight excluding hydrogens is 260 g/mol. The van der Waals surface area contributed by atoms with Crippen molar-refractivity contribution in [3.63, 3.8) is 0 Å². The Morgan fingerprint density at radius 3 is 2.67 bits per heavy atom. The third kappa shape index (κ3) is 1.84. The van der Waals surface area contributed by atoms with Gasteiger partial charge in [0, 0.05) is 6.42 Å². The maximum absolute atomic E-state index is 11.8. The molecule has 0 aromatic rings. The Hall–Kier alpha value is -0.630. The van der Waals surface area contributed by atoms with Crippen molar-refractivity contribution in [3.8, 4) is 0 Å². The summed E-state index contributed by atoms with van der Waals surface area (Å²) in [5.41, 5.74) is 0.376. The zero-order valence-corrected chi connectivity index (χ0v) is 13.3. The topological polar surface area (TPSA) is 37.3 Å². The number of rotatable bonds is 0. The summed E-state index contributed by atoms with van der Waals surface area (Å²) in [6.45, 7) is 4.67. The highest BCUT2D eigenvalue weighted by Crippen LogP contribution is 2.64. The molecule has 0 heterocycles. The predicted molar refractivity (Wildman–Crippen MR) is 82.6 cm³/mol. The molecule has 0 spiro atoms. The quantitative estimate of drug-likeness (QED) is 0.737. The van der Waals surface area contributed by atoms with E-state index in [1.54, 1.807) is 0 Å². The number of aliphatic hydroxyl groups excluding tert-OH is 1. The molecule has 21 heavy (non-hydrogen) atoms. The summed E-state index contributed by atoms with van der Waals surface area (Å²) in [6, 6.07) is 0. The van der Waals surface area contributed by atoms with Gasteiger partial charge in [-0.05, 0) is 79.1 Å². The van der Waals surface area contributed by atoms with E-state index >= 15 is 0 Å². The first-order valence-electron chi connectivity index (χ1n) is 8.83. The van der Waals surface area contributed by atoms with Crippen molar-refractivity contribution >= 4 is 5.78 Å². The third-order valence-corrected chi connectivity index (χ3v) is 7.82. The first-order valence-corrected chi connectivity index (χ1v) is 8.83. The lowest BCUT2D eigenvalue weighted by atomic mass is 9.48. The number of hydrogen-bond acceptors (Lipinski definition) is 2. The molecule has 4 aliphatic rings. The monoisotopic (exact) mass is 288 g/mol. The van der Waals surface area contributed by atoms with Crippen molar-refractivity contribution in [3.05, 3.63) is 12.2 Å². The standard InChI is InChI=1S/C19H28O2/c1-18-9-7-14-13(15(18)4-3-12(20)11-18)8-10-19(2)16(14)5-6-17(19)21/h3-4,13-17,21H,5-11H2,1-2H3/t13-,14+,15+,16-,17-,18+,19-/m0/s1. The van der Waals surface area contributed by atoms with Crippen LogP contribution in [-0.4, -0.2) is 17.0 Å². The van der Waals surface area contributed by atoms with Crippen LogP contribution in [0.15, 0.2) is 12.2 Å². The van der Waals surface area contributed by atoms with E-state index in [4.69, 9.17) is 0 Å². The average Bonchev–Trinajstić information content (AvgIpc) is 2.73. The Balaban J connectivity index is 1.66. The number of allylic oxidation sites excluding steroid dienone is 2. The maximum Gasteiger partial charge on any atom is 0.155 e. The second-order valence-electron chi connectivity index (χ2n) is 8.79. The molecule has 3 fully saturated rings. The number of hydrogen-bond donors (Lipinski definition) is 1. The molecule has 4 rings (SSSR count). The van der Waals surface area contributed by atoms with E-state index in [0.717, 1.165) is 24.7 Å². The Bertz CT molecular complexity index is 496. The van der Waals surface area contributed by atoms with Crippen LogP contribution in [0.5, 0.6) is 0 Å². The van der Waals surface area contributed by atoms with Gasteiger partial charge in [-0.25, -0.2) is 0 Å². The fourth-order valence-electron chi connectivity index (χ4n) is 6.58. The minimum Gasteiger partial charge on any atom is -0.393 e. The van der Waals surface area contributed by atoms with Crippen molar-refractivity contribution < 1.29 is 9.90 Å². The van der Waals surface area contributed by atoms with Gasteiger partial charge in [-0.3, -0.25) is 4.79 Å². The summed E-state index contributed by atoms with van der Waals surface area (Å²) >= 11 is 0. The molecule has 0 aromatic heterocycles. The van der Waals surface area contributed by atoms with Crippen molar-refractivity contribution in [2.24, 2.45) is 34.5 Å². The summed E-state index contributed by atoms with van der Waals surface area (Å²) in [4.78, 5) is 11.8. The zero-order valence-electron chi connectivity index (χ0n) is 13.3. The summed E-state index contributed by atoms with van der Waals surface area (Å²) in [7, 11) is 0. The molecule has 0 unspecified atom stereocenters. The zero-order chi connectivity index (χ0) is 14.8. The van der Waals surface area contributed by atoms with Crippen LogP contribution in [-0.2, 0) is 4.79 Å². The van der Waals surface area contributed by atoms with Crippen LogP contribution in [0.1, 0.15) is 58.8 Å². The number of carbonyl (C=O) groups is 1. The van der Waals surface area contributed by atoms with Crippen LogP contribution in [0.3, 0.4) is 0 Å². The van der Waals surface area contributed by atoms with E-state index < -0.39 is 0 Å². The van der Waals surface area contributed by atoms with E-state index in [1.807, 2.05) is 6.08 Å². The number of fused-ring (bicyclic) bond motifs is 5. The van der Waals surface area contributed by atoms with Gasteiger partial charge >= 0.3 is 0 Å². The van der Waals surface area contributed by atoms with E-state index in [-0.39, 0.29) is 16.9 Å². The number of carbonyl (C=O) groups excluding carboxylic acids is 1. The van der Waals surface area contributed by atoms with Gasteiger partial charge in [0.25, 0.3) is 0 Å². The van der Waals surface area contributed by atoms with Gasteiger partial charge in [-0.1, -0.05) is 19.9 Å². The first-order chi connectivity index (χ1) is 9.94. The second-order valence-corrected chi connectivity index (χ2v) is 8.79. The van der Waals surface area contributed by atoms with E-state index in [9.17, 15) is 9.90 Å². The molecular formula is C19H28O2. The molecule has 116 valence electrons. The largest absolute Gasteiger partial charge is 0.393 e. The predicted octanol–water partition coefficient (Wildman–Crippen LogP) is 3.74. The van der Waals surface area contributed by atoms with Gasteiger partial charge in [0.15, 0.2) is 5.78 Å². The normalized spacial score (nSPS) is 55.8. The van der Waals surface area contributed by atoms with Crippen molar-refractivity contribution in [1.82, 2.24) is 0 Å². The van der Waals surface area contributed by atoms with E-state index in [2.05, 4.69) is 19.9 Å². The number of aliphatic hydroxyl groups is 1. The van der Waals surface area contributed by atoms with Crippen LogP contribution in [0.25, 0.3) is 0 Å². The highest BCUT2D eigenvalue weighted by Gasteiger charge is 2.58. The lowest BCUT2D eigenvalue weighted by Crippen LogP contribution is -2.51. The van der Waals surface area contributed by atoms with Crippen LogP contribution >= 0.6 is 0 Å². The summed E-state index contributed by atoms with van der Waals surface area (Å²) in [6.07, 6.45) is 11.9. The summed E-state index contributed by atoms with van der Waals surface area (Å²) < 4.78 is 0. The highest BCUT2D eigenvalue weighted by molar-refractivity contribution is 5.91. The van der Waals surface area contributed by atoms with Gasteiger partial charge < -0.3 is 5.11 Å². The van der Waals surface area contributed by atoms with Crippen LogP contribution < -0.4 is 0 Å². The third-order valence-electron chi connectivity index (χ3n) is 7.82. The molecule has 4 aliphatic carbocycles. The summed E-state index contributed by atoms with van der Waals surface area (Å²) in [5.74, 6) is 3.15. The highest BCUT2D eigenvalue weighted by atomic mass is 16.3. The molecule has 2 nitrogen and oxygen atoms in total. The van der Waals surface area contributed by atoms with E-state index in [1.165, 1.54) is 32.1 Å². The smallest absolute Gasteiger partial charge is 0.155 e. The Morgan fingerprint density at radius 1 is 1.10 bits per heavy atom. The molecule has 0 bridgehead atoms. The second kappa shape index (κ2) is 4.44. The van der Waals surface area contributed by atoms with Gasteiger partial charge in [-0.2, -0.15) is 0 Å². The Labute approximate surface area is 128 Å². The van der Waals surface area contributed by atoms with Crippen LogP contribution in [0.4, 0.5) is 0 Å². The number of ketones is 1. The molecule has 0 radical (unpaired) electrons. The van der Waals surface area contributed by atoms with Crippen LogP contribution in [0, 0.1) is 34.5 Å². The minimum atomic E-state index is -0.0831. The van der Waals surface area contributed by atoms with Crippen molar-refractivity contribution in [2.45, 2.75) is 64.9 Å². The Morgan fingerprint density at radius 2 is 1.86 bits per heavy atom.